The zero-order valence-corrected chi connectivity index (χ0v) is 14.8. The second kappa shape index (κ2) is 8.70. The molecule has 0 aliphatic heterocycles. The largest absolute Gasteiger partial charge is 0.497 e. The van der Waals surface area contributed by atoms with Crippen LogP contribution in [0.3, 0.4) is 0 Å². The van der Waals surface area contributed by atoms with Gasteiger partial charge in [-0.15, -0.1) is 0 Å². The first-order valence-corrected chi connectivity index (χ1v) is 7.79. The number of likely N-dealkylation sites (N-methyl/N-ethyl adjacent to an activating group) is 1. The molecular weight excluding hydrogens is 340 g/mol. The summed E-state index contributed by atoms with van der Waals surface area (Å²) in [6.07, 6.45) is 1.36. The molecule has 1 aromatic heterocycles. The lowest BCUT2D eigenvalue weighted by Gasteiger charge is -2.16. The van der Waals surface area contributed by atoms with Crippen LogP contribution >= 0.6 is 0 Å². The molecule has 0 spiro atoms. The van der Waals surface area contributed by atoms with E-state index in [4.69, 9.17) is 13.9 Å². The molecule has 26 heavy (non-hydrogen) atoms. The summed E-state index contributed by atoms with van der Waals surface area (Å²) >= 11 is 0. The Morgan fingerprint density at radius 1 is 1.23 bits per heavy atom. The fourth-order valence-electron chi connectivity index (χ4n) is 2.09. The maximum Gasteiger partial charge on any atom is 0.375 e. The third-order valence-electron chi connectivity index (χ3n) is 3.53. The number of rotatable bonds is 7. The number of nitrogens with one attached hydrogen (secondary N) is 1. The summed E-state index contributed by atoms with van der Waals surface area (Å²) in [6.45, 7) is 1.02. The Hall–Kier alpha value is -3.29. The van der Waals surface area contributed by atoms with Crippen LogP contribution in [0, 0.1) is 6.92 Å². The molecule has 0 unspecified atom stereocenters. The van der Waals surface area contributed by atoms with Crippen LogP contribution in [0.1, 0.15) is 16.1 Å². The van der Waals surface area contributed by atoms with Gasteiger partial charge in [0.05, 0.1) is 19.9 Å². The summed E-state index contributed by atoms with van der Waals surface area (Å²) in [7, 11) is 2.97. The van der Waals surface area contributed by atoms with Crippen molar-refractivity contribution in [1.29, 1.82) is 0 Å². The molecular formula is C18H20N2O6. The molecule has 0 atom stereocenters. The maximum atomic E-state index is 12.0. The lowest BCUT2D eigenvalue weighted by molar-refractivity contribution is -0.136. The summed E-state index contributed by atoms with van der Waals surface area (Å²) in [5.74, 6) is -0.968. The molecule has 1 aromatic carbocycles. The van der Waals surface area contributed by atoms with Gasteiger partial charge in [-0.05, 0) is 25.1 Å². The average Bonchev–Trinajstić information content (AvgIpc) is 3.05. The SMILES string of the molecule is COc1cccc(NC(=O)CN(C)C(=O)COC(=O)c2occc2C)c1. The van der Waals surface area contributed by atoms with Crippen molar-refractivity contribution in [2.24, 2.45) is 0 Å². The van der Waals surface area contributed by atoms with Crippen LogP contribution < -0.4 is 10.1 Å². The molecule has 2 amide bonds. The van der Waals surface area contributed by atoms with Gasteiger partial charge >= 0.3 is 5.97 Å². The fraction of sp³-hybridized carbons (Fsp3) is 0.278. The number of amides is 2. The summed E-state index contributed by atoms with van der Waals surface area (Å²) in [5.41, 5.74) is 1.17. The Balaban J connectivity index is 1.81. The number of hydrogen-bond donors (Lipinski definition) is 1. The zero-order valence-electron chi connectivity index (χ0n) is 14.8. The first-order valence-electron chi connectivity index (χ1n) is 7.79. The number of nitrogens with zero attached hydrogens (tertiary/aromatic N) is 1. The van der Waals surface area contributed by atoms with Gasteiger partial charge in [-0.25, -0.2) is 4.79 Å². The molecule has 138 valence electrons. The van der Waals surface area contributed by atoms with Crippen LogP contribution in [0.4, 0.5) is 5.69 Å². The smallest absolute Gasteiger partial charge is 0.375 e. The van der Waals surface area contributed by atoms with Gasteiger partial charge in [-0.3, -0.25) is 9.59 Å². The van der Waals surface area contributed by atoms with Crippen LogP contribution in [-0.2, 0) is 14.3 Å². The number of carbonyl (C=O) groups is 3. The van der Waals surface area contributed by atoms with E-state index in [0.717, 1.165) is 4.90 Å². The Labute approximate surface area is 150 Å². The number of methoxy groups -OCH3 is 1. The number of furan rings is 1. The highest BCUT2D eigenvalue weighted by Gasteiger charge is 2.18. The number of benzene rings is 1. The highest BCUT2D eigenvalue weighted by atomic mass is 16.5. The second-order valence-corrected chi connectivity index (χ2v) is 5.54. The van der Waals surface area contributed by atoms with Crippen molar-refractivity contribution in [3.8, 4) is 5.75 Å². The van der Waals surface area contributed by atoms with Gasteiger partial charge < -0.3 is 24.1 Å². The van der Waals surface area contributed by atoms with Gasteiger partial charge in [0, 0.05) is 24.4 Å². The standard InChI is InChI=1S/C18H20N2O6/c1-12-7-8-25-17(12)18(23)26-11-16(22)20(2)10-15(21)19-13-5-4-6-14(9-13)24-3/h4-9H,10-11H2,1-3H3,(H,19,21). The first-order chi connectivity index (χ1) is 12.4. The molecule has 2 aromatic rings. The quantitative estimate of drug-likeness (QED) is 0.757. The number of aryl methyl sites for hydroxylation is 1. The predicted molar refractivity (Wildman–Crippen MR) is 93.0 cm³/mol. The highest BCUT2D eigenvalue weighted by Crippen LogP contribution is 2.16. The summed E-state index contributed by atoms with van der Waals surface area (Å²) in [4.78, 5) is 37.0. The molecule has 0 aliphatic rings. The summed E-state index contributed by atoms with van der Waals surface area (Å²) < 4.78 is 15.0. The van der Waals surface area contributed by atoms with E-state index in [-0.39, 0.29) is 18.2 Å². The Morgan fingerprint density at radius 2 is 2.00 bits per heavy atom. The van der Waals surface area contributed by atoms with E-state index < -0.39 is 18.5 Å². The van der Waals surface area contributed by atoms with Crippen molar-refractivity contribution in [2.75, 3.05) is 32.6 Å². The predicted octanol–water partition coefficient (Wildman–Crippen LogP) is 1.85. The van der Waals surface area contributed by atoms with E-state index in [9.17, 15) is 14.4 Å². The molecule has 0 saturated heterocycles. The van der Waals surface area contributed by atoms with Gasteiger partial charge in [0.25, 0.3) is 5.91 Å². The third kappa shape index (κ3) is 5.10. The molecule has 0 saturated carbocycles. The van der Waals surface area contributed by atoms with Gasteiger partial charge in [0.15, 0.2) is 6.61 Å². The van der Waals surface area contributed by atoms with Crippen LogP contribution in [-0.4, -0.2) is 50.0 Å². The van der Waals surface area contributed by atoms with E-state index in [1.54, 1.807) is 37.3 Å². The lowest BCUT2D eigenvalue weighted by Crippen LogP contribution is -2.37. The number of ether oxygens (including phenoxy) is 2. The highest BCUT2D eigenvalue weighted by molar-refractivity contribution is 5.95. The minimum Gasteiger partial charge on any atom is -0.497 e. The molecule has 0 bridgehead atoms. The Bertz CT molecular complexity index is 798. The molecule has 2 rings (SSSR count). The summed E-state index contributed by atoms with van der Waals surface area (Å²) in [6, 6.07) is 8.47. The van der Waals surface area contributed by atoms with E-state index in [1.807, 2.05) is 0 Å². The van der Waals surface area contributed by atoms with Gasteiger partial charge in [-0.1, -0.05) is 6.07 Å². The van der Waals surface area contributed by atoms with Crippen molar-refractivity contribution in [3.05, 3.63) is 47.9 Å². The summed E-state index contributed by atoms with van der Waals surface area (Å²) in [5, 5.41) is 2.66. The molecule has 1 heterocycles. The number of anilines is 1. The molecule has 0 radical (unpaired) electrons. The molecule has 8 nitrogen and oxygen atoms in total. The number of carbonyl (C=O) groups excluding carboxylic acids is 3. The second-order valence-electron chi connectivity index (χ2n) is 5.54. The topological polar surface area (TPSA) is 98.1 Å². The van der Waals surface area contributed by atoms with Crippen molar-refractivity contribution in [3.63, 3.8) is 0 Å². The normalized spacial score (nSPS) is 10.1. The number of esters is 1. The molecule has 8 heteroatoms. The minimum absolute atomic E-state index is 0.0521. The van der Waals surface area contributed by atoms with Gasteiger partial charge in [-0.2, -0.15) is 0 Å². The zero-order chi connectivity index (χ0) is 19.1. The fourth-order valence-corrected chi connectivity index (χ4v) is 2.09. The van der Waals surface area contributed by atoms with Crippen LogP contribution in [0.5, 0.6) is 5.75 Å². The molecule has 0 aliphatic carbocycles. The van der Waals surface area contributed by atoms with E-state index in [0.29, 0.717) is 17.0 Å². The minimum atomic E-state index is -0.727. The van der Waals surface area contributed by atoms with E-state index in [1.165, 1.54) is 20.4 Å². The number of hydrogen-bond acceptors (Lipinski definition) is 6. The molecule has 1 N–H and O–H groups in total. The van der Waals surface area contributed by atoms with Crippen LogP contribution in [0.2, 0.25) is 0 Å². The van der Waals surface area contributed by atoms with Crippen LogP contribution in [0.25, 0.3) is 0 Å². The first kappa shape index (κ1) is 19.0. The van der Waals surface area contributed by atoms with Crippen molar-refractivity contribution in [1.82, 2.24) is 4.90 Å². The molecule has 0 fully saturated rings. The Morgan fingerprint density at radius 3 is 2.65 bits per heavy atom. The van der Waals surface area contributed by atoms with Crippen molar-refractivity contribution >= 4 is 23.5 Å². The third-order valence-corrected chi connectivity index (χ3v) is 3.53. The van der Waals surface area contributed by atoms with E-state index >= 15 is 0 Å². The van der Waals surface area contributed by atoms with Crippen molar-refractivity contribution < 1.29 is 28.3 Å². The Kier molecular flexibility index (Phi) is 6.37. The average molecular weight is 360 g/mol. The van der Waals surface area contributed by atoms with Gasteiger partial charge in [0.1, 0.15) is 5.75 Å². The van der Waals surface area contributed by atoms with Crippen molar-refractivity contribution in [2.45, 2.75) is 6.92 Å². The maximum absolute atomic E-state index is 12.0. The monoisotopic (exact) mass is 360 g/mol. The van der Waals surface area contributed by atoms with Crippen LogP contribution in [0.15, 0.2) is 41.0 Å². The lowest BCUT2D eigenvalue weighted by atomic mass is 10.3. The van der Waals surface area contributed by atoms with Gasteiger partial charge in [0.2, 0.25) is 11.7 Å². The van der Waals surface area contributed by atoms with E-state index in [2.05, 4.69) is 5.32 Å².